The molecule has 4 nitrogen and oxygen atoms in total. The normalized spacial score (nSPS) is 26.6. The van der Waals surface area contributed by atoms with Crippen LogP contribution in [-0.2, 0) is 13.5 Å². The summed E-state index contributed by atoms with van der Waals surface area (Å²) in [4.78, 5) is 0. The van der Waals surface area contributed by atoms with Crippen molar-refractivity contribution < 1.29 is 0 Å². The van der Waals surface area contributed by atoms with E-state index in [1.165, 1.54) is 6.42 Å². The molecule has 1 fully saturated rings. The Balaban J connectivity index is 1.94. The smallest absolute Gasteiger partial charge is 0.0842 e. The Hall–Kier alpha value is -0.900. The summed E-state index contributed by atoms with van der Waals surface area (Å²) in [6.07, 6.45) is 4.38. The monoisotopic (exact) mass is 208 g/mol. The summed E-state index contributed by atoms with van der Waals surface area (Å²) in [7, 11) is 1.92. The molecule has 0 bridgehead atoms. The molecule has 0 aromatic carbocycles. The minimum absolute atomic E-state index is 0.585. The van der Waals surface area contributed by atoms with Gasteiger partial charge in [-0.3, -0.25) is 4.68 Å². The van der Waals surface area contributed by atoms with Crippen molar-refractivity contribution in [3.8, 4) is 0 Å². The van der Waals surface area contributed by atoms with Crippen LogP contribution in [0.3, 0.4) is 0 Å². The Morgan fingerprint density at radius 1 is 1.67 bits per heavy atom. The maximum absolute atomic E-state index is 4.15. The van der Waals surface area contributed by atoms with Gasteiger partial charge in [0.15, 0.2) is 0 Å². The second-order valence-corrected chi connectivity index (χ2v) is 4.63. The van der Waals surface area contributed by atoms with Crippen LogP contribution in [0.25, 0.3) is 0 Å². The van der Waals surface area contributed by atoms with Crippen molar-refractivity contribution in [1.29, 1.82) is 0 Å². The standard InChI is InChI=1S/C11H20N4/c1-4-12-11(10-5-8(10)2)6-9-7-15(3)14-13-9/h7-8,10-12H,4-6H2,1-3H3. The van der Waals surface area contributed by atoms with Crippen molar-refractivity contribution >= 4 is 0 Å². The lowest BCUT2D eigenvalue weighted by Crippen LogP contribution is -2.33. The molecule has 1 aromatic heterocycles. The summed E-state index contributed by atoms with van der Waals surface area (Å²) < 4.78 is 1.77. The molecular formula is C11H20N4. The van der Waals surface area contributed by atoms with Gasteiger partial charge in [0.05, 0.1) is 5.69 Å². The van der Waals surface area contributed by atoms with Gasteiger partial charge in [-0.2, -0.15) is 0 Å². The number of likely N-dealkylation sites (N-methyl/N-ethyl adjacent to an activating group) is 1. The van der Waals surface area contributed by atoms with Gasteiger partial charge < -0.3 is 5.32 Å². The fourth-order valence-electron chi connectivity index (χ4n) is 2.26. The van der Waals surface area contributed by atoms with Gasteiger partial charge in [-0.15, -0.1) is 5.10 Å². The molecule has 1 heterocycles. The van der Waals surface area contributed by atoms with E-state index in [1.807, 2.05) is 13.2 Å². The SMILES string of the molecule is CCNC(Cc1cn(C)nn1)C1CC1C. The van der Waals surface area contributed by atoms with E-state index in [4.69, 9.17) is 0 Å². The molecule has 1 aliphatic carbocycles. The minimum Gasteiger partial charge on any atom is -0.314 e. The summed E-state index contributed by atoms with van der Waals surface area (Å²) in [5.41, 5.74) is 1.10. The van der Waals surface area contributed by atoms with Crippen molar-refractivity contribution in [3.63, 3.8) is 0 Å². The van der Waals surface area contributed by atoms with E-state index in [0.29, 0.717) is 6.04 Å². The third kappa shape index (κ3) is 2.56. The first-order valence-corrected chi connectivity index (χ1v) is 5.79. The molecule has 84 valence electrons. The Kier molecular flexibility index (Phi) is 3.05. The van der Waals surface area contributed by atoms with Gasteiger partial charge in [-0.05, 0) is 24.8 Å². The van der Waals surface area contributed by atoms with E-state index in [1.54, 1.807) is 4.68 Å². The van der Waals surface area contributed by atoms with Crippen LogP contribution in [0, 0.1) is 11.8 Å². The third-order valence-electron chi connectivity index (χ3n) is 3.23. The molecule has 1 saturated carbocycles. The van der Waals surface area contributed by atoms with E-state index in [2.05, 4.69) is 29.5 Å². The second kappa shape index (κ2) is 4.31. The number of rotatable bonds is 5. The fraction of sp³-hybridized carbons (Fsp3) is 0.818. The van der Waals surface area contributed by atoms with Gasteiger partial charge in [0.1, 0.15) is 0 Å². The first kappa shape index (κ1) is 10.6. The average Bonchev–Trinajstić information content (AvgIpc) is 2.77. The van der Waals surface area contributed by atoms with Gasteiger partial charge >= 0.3 is 0 Å². The second-order valence-electron chi connectivity index (χ2n) is 4.63. The molecule has 1 N–H and O–H groups in total. The average molecular weight is 208 g/mol. The van der Waals surface area contributed by atoms with Crippen molar-refractivity contribution in [2.45, 2.75) is 32.7 Å². The first-order chi connectivity index (χ1) is 7.20. The number of hydrogen-bond donors (Lipinski definition) is 1. The predicted molar refractivity (Wildman–Crippen MR) is 59.4 cm³/mol. The van der Waals surface area contributed by atoms with Crippen LogP contribution in [0.2, 0.25) is 0 Å². The van der Waals surface area contributed by atoms with E-state index in [9.17, 15) is 0 Å². The Morgan fingerprint density at radius 3 is 2.87 bits per heavy atom. The third-order valence-corrected chi connectivity index (χ3v) is 3.23. The molecule has 0 spiro atoms. The number of nitrogens with one attached hydrogen (secondary N) is 1. The molecule has 1 aliphatic rings. The summed E-state index contributed by atoms with van der Waals surface area (Å²) in [5, 5.41) is 11.7. The van der Waals surface area contributed by atoms with Crippen LogP contribution in [-0.4, -0.2) is 27.6 Å². The van der Waals surface area contributed by atoms with Gasteiger partial charge in [0.2, 0.25) is 0 Å². The van der Waals surface area contributed by atoms with Gasteiger partial charge in [0, 0.05) is 25.7 Å². The number of nitrogens with zero attached hydrogens (tertiary/aromatic N) is 3. The van der Waals surface area contributed by atoms with Crippen molar-refractivity contribution in [3.05, 3.63) is 11.9 Å². The van der Waals surface area contributed by atoms with Crippen molar-refractivity contribution in [1.82, 2.24) is 20.3 Å². The maximum Gasteiger partial charge on any atom is 0.0842 e. The molecule has 3 atom stereocenters. The Morgan fingerprint density at radius 2 is 2.40 bits per heavy atom. The molecule has 4 heteroatoms. The van der Waals surface area contributed by atoms with E-state index < -0.39 is 0 Å². The quantitative estimate of drug-likeness (QED) is 0.784. The molecule has 3 unspecified atom stereocenters. The van der Waals surface area contributed by atoms with Crippen LogP contribution in [0.1, 0.15) is 26.0 Å². The highest BCUT2D eigenvalue weighted by Gasteiger charge is 2.39. The predicted octanol–water partition coefficient (Wildman–Crippen LogP) is 0.992. The van der Waals surface area contributed by atoms with Crippen molar-refractivity contribution in [2.24, 2.45) is 18.9 Å². The lowest BCUT2D eigenvalue weighted by Gasteiger charge is -2.15. The van der Waals surface area contributed by atoms with E-state index in [0.717, 1.165) is 30.5 Å². The number of hydrogen-bond acceptors (Lipinski definition) is 3. The van der Waals surface area contributed by atoms with Crippen LogP contribution < -0.4 is 5.32 Å². The van der Waals surface area contributed by atoms with Gasteiger partial charge in [-0.1, -0.05) is 19.1 Å². The highest BCUT2D eigenvalue weighted by molar-refractivity contribution is 5.01. The topological polar surface area (TPSA) is 42.7 Å². The molecule has 0 saturated heterocycles. The van der Waals surface area contributed by atoms with Gasteiger partial charge in [0.25, 0.3) is 0 Å². The molecular weight excluding hydrogens is 188 g/mol. The van der Waals surface area contributed by atoms with Crippen LogP contribution in [0.5, 0.6) is 0 Å². The summed E-state index contributed by atoms with van der Waals surface area (Å²) >= 11 is 0. The Bertz CT molecular complexity index is 320. The molecule has 0 aliphatic heterocycles. The van der Waals surface area contributed by atoms with Crippen LogP contribution >= 0.6 is 0 Å². The highest BCUT2D eigenvalue weighted by Crippen LogP contribution is 2.41. The zero-order valence-corrected chi connectivity index (χ0v) is 9.77. The molecule has 0 amide bonds. The molecule has 2 rings (SSSR count). The maximum atomic E-state index is 4.15. The number of aromatic nitrogens is 3. The largest absolute Gasteiger partial charge is 0.314 e. The molecule has 1 aromatic rings. The number of aryl methyl sites for hydroxylation is 1. The van der Waals surface area contributed by atoms with E-state index >= 15 is 0 Å². The molecule has 15 heavy (non-hydrogen) atoms. The van der Waals surface area contributed by atoms with Crippen LogP contribution in [0.15, 0.2) is 6.20 Å². The summed E-state index contributed by atoms with van der Waals surface area (Å²) in [6.45, 7) is 5.52. The Labute approximate surface area is 91.1 Å². The van der Waals surface area contributed by atoms with E-state index in [-0.39, 0.29) is 0 Å². The zero-order chi connectivity index (χ0) is 10.8. The summed E-state index contributed by atoms with van der Waals surface area (Å²) in [6, 6.07) is 0.585. The van der Waals surface area contributed by atoms with Crippen LogP contribution in [0.4, 0.5) is 0 Å². The molecule has 0 radical (unpaired) electrons. The fourth-order valence-corrected chi connectivity index (χ4v) is 2.26. The zero-order valence-electron chi connectivity index (χ0n) is 9.77. The van der Waals surface area contributed by atoms with Gasteiger partial charge in [-0.25, -0.2) is 0 Å². The summed E-state index contributed by atoms with van der Waals surface area (Å²) in [5.74, 6) is 1.72. The lowest BCUT2D eigenvalue weighted by atomic mass is 10.1. The lowest BCUT2D eigenvalue weighted by molar-refractivity contribution is 0.450. The minimum atomic E-state index is 0.585. The first-order valence-electron chi connectivity index (χ1n) is 5.79. The highest BCUT2D eigenvalue weighted by atomic mass is 15.4. The van der Waals surface area contributed by atoms with Crippen molar-refractivity contribution in [2.75, 3.05) is 6.54 Å².